The number of halogens is 3. The molecule has 0 bridgehead atoms. The van der Waals surface area contributed by atoms with Crippen molar-refractivity contribution in [2.24, 2.45) is 0 Å². The van der Waals surface area contributed by atoms with Crippen LogP contribution >= 0.6 is 8.58 Å². The molecule has 0 amide bonds. The molecule has 0 spiro atoms. The van der Waals surface area contributed by atoms with E-state index in [-0.39, 0.29) is 17.5 Å². The second-order valence-electron chi connectivity index (χ2n) is 11.3. The number of aliphatic hydroxyl groups excluding tert-OH is 1. The maximum absolute atomic E-state index is 15.0. The van der Waals surface area contributed by atoms with Gasteiger partial charge < -0.3 is 14.6 Å². The van der Waals surface area contributed by atoms with Crippen molar-refractivity contribution in [1.82, 2.24) is 0 Å². The number of aliphatic hydroxyl groups is 1. The van der Waals surface area contributed by atoms with E-state index in [1.807, 2.05) is 113 Å². The number of alkyl halides is 3. The summed E-state index contributed by atoms with van der Waals surface area (Å²) in [5.74, 6) is 0.616. The Kier molecular flexibility index (Phi) is 9.34. The number of rotatable bonds is 9. The van der Waals surface area contributed by atoms with E-state index in [9.17, 15) is 18.3 Å². The van der Waals surface area contributed by atoms with Gasteiger partial charge in [-0.05, 0) is 62.1 Å². The standard InChI is InChI=1S/C37H36F3O3P/c1-24(2)42-31-22-21-30(34(43-25(3)4)35(31)44-36(37(38,39)40)23-12-11-20-32(36)41)33-28(26-14-7-5-8-15-26)18-13-19-29(33)27-16-9-6-10-17-27/h5-25,32,41,44H,1-4H3. The van der Waals surface area contributed by atoms with E-state index in [0.717, 1.165) is 33.9 Å². The minimum absolute atomic E-state index is 0.281. The van der Waals surface area contributed by atoms with Gasteiger partial charge in [0.25, 0.3) is 0 Å². The van der Waals surface area contributed by atoms with Gasteiger partial charge in [-0.1, -0.05) is 112 Å². The first-order valence-corrected chi connectivity index (χ1v) is 15.7. The Morgan fingerprint density at radius 1 is 0.705 bits per heavy atom. The Hall–Kier alpha value is -3.86. The quantitative estimate of drug-likeness (QED) is 0.191. The van der Waals surface area contributed by atoms with Crippen LogP contribution in [-0.2, 0) is 0 Å². The van der Waals surface area contributed by atoms with Crippen LogP contribution in [0.1, 0.15) is 27.7 Å². The summed E-state index contributed by atoms with van der Waals surface area (Å²) < 4.78 is 57.7. The third-order valence-corrected chi connectivity index (χ3v) is 9.25. The second kappa shape index (κ2) is 13.0. The summed E-state index contributed by atoms with van der Waals surface area (Å²) in [6, 6.07) is 29.5. The lowest BCUT2D eigenvalue weighted by Crippen LogP contribution is -2.50. The molecule has 228 valence electrons. The van der Waals surface area contributed by atoms with E-state index in [1.54, 1.807) is 6.07 Å². The monoisotopic (exact) mass is 616 g/mol. The zero-order chi connectivity index (χ0) is 31.5. The van der Waals surface area contributed by atoms with Crippen molar-refractivity contribution in [1.29, 1.82) is 0 Å². The van der Waals surface area contributed by atoms with E-state index in [1.165, 1.54) is 18.2 Å². The molecule has 0 aliphatic heterocycles. The van der Waals surface area contributed by atoms with Gasteiger partial charge in [-0.2, -0.15) is 13.2 Å². The van der Waals surface area contributed by atoms with Gasteiger partial charge in [0.1, 0.15) is 16.7 Å². The third kappa shape index (κ3) is 6.33. The smallest absolute Gasteiger partial charge is 0.404 e. The molecule has 0 saturated carbocycles. The van der Waals surface area contributed by atoms with Crippen molar-refractivity contribution < 1.29 is 27.8 Å². The maximum atomic E-state index is 15.0. The van der Waals surface area contributed by atoms with Crippen LogP contribution < -0.4 is 14.8 Å². The van der Waals surface area contributed by atoms with Gasteiger partial charge in [-0.25, -0.2) is 0 Å². The topological polar surface area (TPSA) is 38.7 Å². The summed E-state index contributed by atoms with van der Waals surface area (Å²) in [5, 5.41) is 8.63. The van der Waals surface area contributed by atoms with Crippen LogP contribution in [0, 0.1) is 0 Å². The van der Waals surface area contributed by atoms with Crippen molar-refractivity contribution >= 4 is 13.9 Å². The lowest BCUT2D eigenvalue weighted by atomic mass is 9.87. The average molecular weight is 617 g/mol. The summed E-state index contributed by atoms with van der Waals surface area (Å²) in [4.78, 5) is 0. The zero-order valence-corrected chi connectivity index (χ0v) is 26.1. The molecule has 0 radical (unpaired) electrons. The molecule has 0 fully saturated rings. The molecule has 0 aromatic heterocycles. The van der Waals surface area contributed by atoms with Crippen molar-refractivity contribution in [2.75, 3.05) is 0 Å². The summed E-state index contributed by atoms with van der Waals surface area (Å²) in [6.45, 7) is 7.37. The van der Waals surface area contributed by atoms with Crippen LogP contribution in [0.3, 0.4) is 0 Å². The molecule has 0 saturated heterocycles. The molecule has 3 unspecified atom stereocenters. The average Bonchev–Trinajstić information content (AvgIpc) is 2.99. The van der Waals surface area contributed by atoms with Gasteiger partial charge in [0.2, 0.25) is 0 Å². The van der Waals surface area contributed by atoms with E-state index < -0.39 is 26.0 Å². The van der Waals surface area contributed by atoms with Gasteiger partial charge in [0, 0.05) is 11.1 Å². The minimum atomic E-state index is -4.75. The van der Waals surface area contributed by atoms with E-state index in [4.69, 9.17) is 9.47 Å². The molecule has 3 nitrogen and oxygen atoms in total. The first-order chi connectivity index (χ1) is 21.0. The van der Waals surface area contributed by atoms with Crippen LogP contribution in [-0.4, -0.2) is 34.8 Å². The van der Waals surface area contributed by atoms with Crippen molar-refractivity contribution in [3.05, 3.63) is 115 Å². The number of hydrogen-bond donors (Lipinski definition) is 1. The van der Waals surface area contributed by atoms with Crippen LogP contribution in [0.5, 0.6) is 11.5 Å². The number of allylic oxidation sites excluding steroid dienone is 2. The summed E-state index contributed by atoms with van der Waals surface area (Å²) in [6.07, 6.45) is -2.14. The Labute approximate surface area is 258 Å². The Morgan fingerprint density at radius 2 is 1.27 bits per heavy atom. The van der Waals surface area contributed by atoms with Crippen molar-refractivity contribution in [3.63, 3.8) is 0 Å². The fourth-order valence-electron chi connectivity index (χ4n) is 5.43. The molecule has 1 N–H and O–H groups in total. The van der Waals surface area contributed by atoms with Crippen molar-refractivity contribution in [3.8, 4) is 44.9 Å². The molecule has 0 heterocycles. The third-order valence-electron chi connectivity index (χ3n) is 7.37. The highest BCUT2D eigenvalue weighted by atomic mass is 31.1. The number of hydrogen-bond acceptors (Lipinski definition) is 3. The Bertz CT molecular complexity index is 1590. The molecule has 44 heavy (non-hydrogen) atoms. The molecular weight excluding hydrogens is 580 g/mol. The van der Waals surface area contributed by atoms with Gasteiger partial charge in [0.05, 0.1) is 23.6 Å². The largest absolute Gasteiger partial charge is 0.490 e. The van der Waals surface area contributed by atoms with Gasteiger partial charge in [0.15, 0.2) is 0 Å². The predicted molar refractivity (Wildman–Crippen MR) is 175 cm³/mol. The molecule has 4 aromatic rings. The molecule has 3 atom stereocenters. The molecular formula is C37H36F3O3P. The molecule has 7 heteroatoms. The van der Waals surface area contributed by atoms with Crippen molar-refractivity contribution in [2.45, 2.75) is 57.3 Å². The highest BCUT2D eigenvalue weighted by Gasteiger charge is 2.58. The molecule has 1 aliphatic carbocycles. The SMILES string of the molecule is CC(C)Oc1ccc(-c2c(-c3ccccc3)cccc2-c2ccccc2)c(OC(C)C)c1PC1(C(F)(F)F)C=CC=CC1O. The maximum Gasteiger partial charge on any atom is 0.404 e. The van der Waals surface area contributed by atoms with E-state index >= 15 is 0 Å². The first kappa shape index (κ1) is 31.6. The fraction of sp³-hybridized carbons (Fsp3) is 0.243. The highest BCUT2D eigenvalue weighted by molar-refractivity contribution is 7.50. The summed E-state index contributed by atoms with van der Waals surface area (Å²) in [7, 11) is -0.943. The Balaban J connectivity index is 1.87. The highest BCUT2D eigenvalue weighted by Crippen LogP contribution is 2.54. The molecule has 1 aliphatic rings. The van der Waals surface area contributed by atoms with E-state index in [0.29, 0.717) is 17.1 Å². The fourth-order valence-corrected chi connectivity index (χ4v) is 6.98. The number of ether oxygens (including phenoxy) is 2. The first-order valence-electron chi connectivity index (χ1n) is 14.7. The predicted octanol–water partition coefficient (Wildman–Crippen LogP) is 9.35. The minimum Gasteiger partial charge on any atom is -0.490 e. The van der Waals surface area contributed by atoms with Crippen LogP contribution in [0.25, 0.3) is 33.4 Å². The van der Waals surface area contributed by atoms with Gasteiger partial charge in [-0.15, -0.1) is 0 Å². The number of benzene rings is 4. The van der Waals surface area contributed by atoms with Crippen LogP contribution in [0.15, 0.2) is 115 Å². The lowest BCUT2D eigenvalue weighted by molar-refractivity contribution is -0.165. The van der Waals surface area contributed by atoms with E-state index in [2.05, 4.69) is 0 Å². The second-order valence-corrected chi connectivity index (χ2v) is 12.9. The Morgan fingerprint density at radius 3 is 1.77 bits per heavy atom. The molecule has 4 aromatic carbocycles. The zero-order valence-electron chi connectivity index (χ0n) is 25.1. The lowest BCUT2D eigenvalue weighted by Gasteiger charge is -2.38. The van der Waals surface area contributed by atoms with Crippen LogP contribution in [0.4, 0.5) is 13.2 Å². The normalized spacial score (nSPS) is 18.5. The van der Waals surface area contributed by atoms with Crippen LogP contribution in [0.2, 0.25) is 0 Å². The van der Waals surface area contributed by atoms with Gasteiger partial charge in [-0.3, -0.25) is 0 Å². The molecule has 5 rings (SSSR count). The summed E-state index contributed by atoms with van der Waals surface area (Å²) in [5.41, 5.74) is 5.24. The van der Waals surface area contributed by atoms with Gasteiger partial charge >= 0.3 is 6.18 Å². The summed E-state index contributed by atoms with van der Waals surface area (Å²) >= 11 is 0.